The predicted octanol–water partition coefficient (Wildman–Crippen LogP) is 5.91. The van der Waals surface area contributed by atoms with Crippen molar-refractivity contribution in [3.8, 4) is 0 Å². The summed E-state index contributed by atoms with van der Waals surface area (Å²) in [7, 11) is 0. The third-order valence-electron chi connectivity index (χ3n) is 7.67. The lowest BCUT2D eigenvalue weighted by Crippen LogP contribution is -2.48. The molecule has 2 atom stereocenters. The molecule has 5 rings (SSSR count). The van der Waals surface area contributed by atoms with Gasteiger partial charge in [0.25, 0.3) is 5.76 Å². The number of nitrogens with one attached hydrogen (secondary N) is 1. The van der Waals surface area contributed by atoms with Gasteiger partial charge in [0.15, 0.2) is 0 Å². The first-order valence-corrected chi connectivity index (χ1v) is 11.2. The Bertz CT molecular complexity index is 1200. The van der Waals surface area contributed by atoms with E-state index >= 15 is 0 Å². The molecule has 2 aliphatic carbocycles. The number of anilines is 1. The van der Waals surface area contributed by atoms with Crippen LogP contribution in [0.2, 0.25) is 0 Å². The quantitative estimate of drug-likeness (QED) is 0.513. The van der Waals surface area contributed by atoms with Crippen LogP contribution in [-0.4, -0.2) is 21.6 Å². The molecule has 0 aliphatic heterocycles. The van der Waals surface area contributed by atoms with Crippen LogP contribution in [0.15, 0.2) is 53.4 Å². The molecule has 0 spiro atoms. The largest absolute Gasteiger partial charge is 0.325 e. The second kappa shape index (κ2) is 6.73. The number of rotatable bonds is 4. The van der Waals surface area contributed by atoms with Crippen LogP contribution in [0.5, 0.6) is 0 Å². The second-order valence-electron chi connectivity index (χ2n) is 9.13. The highest BCUT2D eigenvalue weighted by Gasteiger charge is 2.73. The maximum absolute atomic E-state index is 13.8. The van der Waals surface area contributed by atoms with Gasteiger partial charge >= 0.3 is 0 Å². The fourth-order valence-corrected chi connectivity index (χ4v) is 6.01. The van der Waals surface area contributed by atoms with E-state index in [1.807, 2.05) is 24.3 Å². The molecule has 2 unspecified atom stereocenters. The molecule has 7 heteroatoms. The van der Waals surface area contributed by atoms with Gasteiger partial charge in [-0.3, -0.25) is 4.79 Å². The molecule has 1 aromatic heterocycles. The minimum Gasteiger partial charge on any atom is -0.325 e. The van der Waals surface area contributed by atoms with Crippen LogP contribution < -0.4 is 5.32 Å². The summed E-state index contributed by atoms with van der Waals surface area (Å²) in [6, 6.07) is 14.3. The van der Waals surface area contributed by atoms with Crippen LogP contribution in [0, 0.1) is 5.41 Å². The molecule has 1 N–H and O–H groups in total. The zero-order valence-electron chi connectivity index (χ0n) is 17.6. The number of alkyl halides is 2. The van der Waals surface area contributed by atoms with Crippen LogP contribution >= 0.6 is 11.8 Å². The van der Waals surface area contributed by atoms with Crippen molar-refractivity contribution in [2.75, 3.05) is 5.32 Å². The lowest BCUT2D eigenvalue weighted by atomic mass is 9.63. The van der Waals surface area contributed by atoms with Crippen molar-refractivity contribution in [2.45, 2.75) is 55.1 Å². The first-order valence-electron chi connectivity index (χ1n) is 10.3. The summed E-state index contributed by atoms with van der Waals surface area (Å²) in [6.07, 6.45) is 1.55. The Morgan fingerprint density at radius 2 is 1.58 bits per heavy atom. The molecule has 1 heterocycles. The van der Waals surface area contributed by atoms with Gasteiger partial charge in [-0.25, -0.2) is 9.97 Å². The van der Waals surface area contributed by atoms with Gasteiger partial charge in [0, 0.05) is 16.0 Å². The number of thioether (sulfide) groups is 1. The molecule has 2 bridgehead atoms. The average molecular weight is 440 g/mol. The molecule has 0 saturated heterocycles. The molecule has 1 saturated carbocycles. The van der Waals surface area contributed by atoms with E-state index in [0.717, 1.165) is 28.8 Å². The minimum atomic E-state index is -2.47. The maximum Gasteiger partial charge on any atom is 0.288 e. The van der Waals surface area contributed by atoms with Crippen molar-refractivity contribution in [1.29, 1.82) is 0 Å². The van der Waals surface area contributed by atoms with Gasteiger partial charge in [-0.15, -0.1) is 0 Å². The highest BCUT2D eigenvalue weighted by molar-refractivity contribution is 7.99. The summed E-state index contributed by atoms with van der Waals surface area (Å²) in [6.45, 7) is 6.46. The average Bonchev–Trinajstić information content (AvgIpc) is 3.03. The normalized spacial score (nSPS) is 25.7. The Kier molecular flexibility index (Phi) is 4.42. The highest BCUT2D eigenvalue weighted by atomic mass is 32.2. The van der Waals surface area contributed by atoms with Gasteiger partial charge in [-0.05, 0) is 54.7 Å². The summed E-state index contributed by atoms with van der Waals surface area (Å²) >= 11 is 0.488. The van der Waals surface area contributed by atoms with Crippen LogP contribution in [0.25, 0.3) is 11.0 Å². The summed E-state index contributed by atoms with van der Waals surface area (Å²) < 4.78 is 25.2. The number of hydrogen-bond donors (Lipinski definition) is 1. The van der Waals surface area contributed by atoms with E-state index in [0.29, 0.717) is 28.8 Å². The van der Waals surface area contributed by atoms with E-state index in [1.54, 1.807) is 24.3 Å². The van der Waals surface area contributed by atoms with Gasteiger partial charge in [-0.1, -0.05) is 44.7 Å². The van der Waals surface area contributed by atoms with Crippen molar-refractivity contribution in [1.82, 2.24) is 9.97 Å². The lowest BCUT2D eigenvalue weighted by Gasteiger charge is -2.39. The van der Waals surface area contributed by atoms with Gasteiger partial charge in [0.05, 0.1) is 27.8 Å². The molecule has 2 aliphatic rings. The SMILES string of the molecule is CC12CCC(C(=O)Nc3ccc(SC(F)F)cc3)(c3nc4ccccc4nc31)C2(C)C. The number of nitrogens with zero attached hydrogens (tertiary/aromatic N) is 2. The zero-order chi connectivity index (χ0) is 22.0. The van der Waals surface area contributed by atoms with Gasteiger partial charge in [0.1, 0.15) is 0 Å². The third kappa shape index (κ3) is 2.68. The van der Waals surface area contributed by atoms with Crippen molar-refractivity contribution in [3.05, 3.63) is 59.9 Å². The number of fused-ring (bicyclic) bond motifs is 6. The molecule has 4 nitrogen and oxygen atoms in total. The van der Waals surface area contributed by atoms with E-state index < -0.39 is 11.2 Å². The standard InChI is InChI=1S/C24H23F2N3OS/c1-22(2)23(3)12-13-24(22,19-18(23)28-16-6-4-5-7-17(16)29-19)20(30)27-14-8-10-15(11-9-14)31-21(25)26/h4-11,21H,12-13H2,1-3H3,(H,27,30). The fraction of sp³-hybridized carbons (Fsp3) is 0.375. The van der Waals surface area contributed by atoms with E-state index in [1.165, 1.54) is 0 Å². The lowest BCUT2D eigenvalue weighted by molar-refractivity contribution is -0.125. The summed E-state index contributed by atoms with van der Waals surface area (Å²) in [5.41, 5.74) is 2.47. The van der Waals surface area contributed by atoms with Crippen molar-refractivity contribution < 1.29 is 13.6 Å². The molecule has 2 aromatic carbocycles. The number of carbonyl (C=O) groups is 1. The minimum absolute atomic E-state index is 0.112. The van der Waals surface area contributed by atoms with Crippen LogP contribution in [0.3, 0.4) is 0 Å². The van der Waals surface area contributed by atoms with Crippen LogP contribution in [0.1, 0.15) is 45.0 Å². The topological polar surface area (TPSA) is 54.9 Å². The Morgan fingerprint density at radius 1 is 0.968 bits per heavy atom. The smallest absolute Gasteiger partial charge is 0.288 e. The predicted molar refractivity (Wildman–Crippen MR) is 119 cm³/mol. The summed E-state index contributed by atoms with van der Waals surface area (Å²) in [5.74, 6) is -2.58. The molecule has 3 aromatic rings. The molecular weight excluding hydrogens is 416 g/mol. The van der Waals surface area contributed by atoms with Crippen LogP contribution in [-0.2, 0) is 15.6 Å². The van der Waals surface area contributed by atoms with Crippen molar-refractivity contribution in [3.63, 3.8) is 0 Å². The number of aromatic nitrogens is 2. The van der Waals surface area contributed by atoms with Crippen molar-refractivity contribution >= 4 is 34.4 Å². The molecule has 160 valence electrons. The summed E-state index contributed by atoms with van der Waals surface area (Å²) in [5, 5.41) is 3.04. The Morgan fingerprint density at radius 3 is 2.19 bits per heavy atom. The monoisotopic (exact) mass is 439 g/mol. The molecule has 31 heavy (non-hydrogen) atoms. The van der Waals surface area contributed by atoms with Crippen molar-refractivity contribution in [2.24, 2.45) is 5.41 Å². The molecule has 1 fully saturated rings. The highest BCUT2D eigenvalue weighted by Crippen LogP contribution is 2.70. The first-order chi connectivity index (χ1) is 14.7. The third-order valence-corrected chi connectivity index (χ3v) is 8.39. The van der Waals surface area contributed by atoms with E-state index in [9.17, 15) is 13.6 Å². The van der Waals surface area contributed by atoms with E-state index in [2.05, 4.69) is 26.1 Å². The number of halogens is 2. The van der Waals surface area contributed by atoms with Crippen LogP contribution in [0.4, 0.5) is 14.5 Å². The first kappa shape index (κ1) is 20.4. The second-order valence-corrected chi connectivity index (χ2v) is 10.2. The van der Waals surface area contributed by atoms with Gasteiger partial charge in [0.2, 0.25) is 5.91 Å². The maximum atomic E-state index is 13.8. The number of hydrogen-bond acceptors (Lipinski definition) is 4. The van der Waals surface area contributed by atoms with Gasteiger partial charge < -0.3 is 5.32 Å². The fourth-order valence-electron chi connectivity index (χ4n) is 5.51. The number of benzene rings is 2. The van der Waals surface area contributed by atoms with Gasteiger partial charge in [-0.2, -0.15) is 8.78 Å². The number of carbonyl (C=O) groups excluding carboxylic acids is 1. The Balaban J connectivity index is 1.57. The van der Waals surface area contributed by atoms with E-state index in [4.69, 9.17) is 9.97 Å². The zero-order valence-corrected chi connectivity index (χ0v) is 18.4. The molecule has 0 radical (unpaired) electrons. The number of para-hydroxylation sites is 2. The molecule has 1 amide bonds. The Hall–Kier alpha value is -2.54. The number of amides is 1. The molecular formula is C24H23F2N3OS. The van der Waals surface area contributed by atoms with E-state index in [-0.39, 0.29) is 16.7 Å². The Labute approximate surface area is 183 Å². The summed E-state index contributed by atoms with van der Waals surface area (Å²) in [4.78, 5) is 24.2.